The van der Waals surface area contributed by atoms with Gasteiger partial charge in [0, 0.05) is 23.4 Å². The van der Waals surface area contributed by atoms with Gasteiger partial charge in [0.2, 0.25) is 11.8 Å². The van der Waals surface area contributed by atoms with Crippen molar-refractivity contribution >= 4 is 5.69 Å². The summed E-state index contributed by atoms with van der Waals surface area (Å²) in [5.41, 5.74) is 8.62. The Balaban J connectivity index is 1.65. The van der Waals surface area contributed by atoms with E-state index in [1.54, 1.807) is 12.1 Å². The van der Waals surface area contributed by atoms with Crippen LogP contribution in [0.3, 0.4) is 0 Å². The first-order chi connectivity index (χ1) is 16.4. The Bertz CT molecular complexity index is 1230. The highest BCUT2D eigenvalue weighted by Crippen LogP contribution is 2.36. The van der Waals surface area contributed by atoms with Crippen LogP contribution in [0.15, 0.2) is 91.0 Å². The zero-order valence-electron chi connectivity index (χ0n) is 18.0. The minimum atomic E-state index is -4.84. The molecular weight excluding hydrogens is 445 g/mol. The number of anilines is 1. The molecule has 174 valence electrons. The van der Waals surface area contributed by atoms with Crippen LogP contribution in [-0.2, 0) is 13.2 Å². The van der Waals surface area contributed by atoms with Crippen LogP contribution in [0.2, 0.25) is 0 Å². The monoisotopic (exact) mass is 466 g/mol. The van der Waals surface area contributed by atoms with Crippen LogP contribution in [-0.4, -0.2) is 11.3 Å². The van der Waals surface area contributed by atoms with Crippen LogP contribution in [0, 0.1) is 0 Å². The molecule has 0 aliphatic rings. The molecule has 0 spiro atoms. The predicted molar refractivity (Wildman–Crippen MR) is 122 cm³/mol. The fourth-order valence-corrected chi connectivity index (χ4v) is 3.26. The van der Waals surface area contributed by atoms with E-state index in [0.717, 1.165) is 17.2 Å². The number of benzene rings is 3. The third-order valence-electron chi connectivity index (χ3n) is 4.76. The van der Waals surface area contributed by atoms with E-state index < -0.39 is 12.1 Å². The molecule has 0 amide bonds. The maximum atomic E-state index is 12.8. The van der Waals surface area contributed by atoms with Gasteiger partial charge in [0.15, 0.2) is 0 Å². The highest BCUT2D eigenvalue weighted by atomic mass is 19.4. The van der Waals surface area contributed by atoms with Crippen LogP contribution in [0.4, 0.5) is 18.9 Å². The summed E-state index contributed by atoms with van der Waals surface area (Å²) in [6, 6.07) is 26.2. The van der Waals surface area contributed by atoms with Gasteiger partial charge in [0.05, 0.1) is 0 Å². The van der Waals surface area contributed by atoms with Crippen molar-refractivity contribution < 1.29 is 27.4 Å². The fourth-order valence-electron chi connectivity index (χ4n) is 3.26. The molecule has 0 fully saturated rings. The zero-order chi connectivity index (χ0) is 24.0. The number of rotatable bonds is 8. The number of nitrogen functional groups attached to an aromatic ring is 1. The summed E-state index contributed by atoms with van der Waals surface area (Å²) in [7, 11) is 0. The molecule has 1 aromatic heterocycles. The molecule has 0 saturated carbocycles. The second kappa shape index (κ2) is 10.2. The van der Waals surface area contributed by atoms with E-state index in [2.05, 4.69) is 9.72 Å². The molecule has 4 rings (SSSR count). The average molecular weight is 466 g/mol. The Morgan fingerprint density at radius 1 is 0.735 bits per heavy atom. The highest BCUT2D eigenvalue weighted by molar-refractivity contribution is 5.73. The molecule has 0 aliphatic heterocycles. The molecule has 8 heteroatoms. The maximum absolute atomic E-state index is 12.8. The zero-order valence-corrected chi connectivity index (χ0v) is 18.0. The van der Waals surface area contributed by atoms with E-state index >= 15 is 0 Å². The fraction of sp³-hybridized carbons (Fsp3) is 0.115. The van der Waals surface area contributed by atoms with E-state index in [1.165, 1.54) is 12.1 Å². The van der Waals surface area contributed by atoms with Crippen molar-refractivity contribution in [3.8, 4) is 28.6 Å². The summed E-state index contributed by atoms with van der Waals surface area (Å²) >= 11 is 0. The number of pyridine rings is 1. The van der Waals surface area contributed by atoms with E-state index in [1.807, 2.05) is 60.7 Å². The normalized spacial score (nSPS) is 11.1. The summed E-state index contributed by atoms with van der Waals surface area (Å²) < 4.78 is 54.1. The largest absolute Gasteiger partial charge is 0.573 e. The smallest absolute Gasteiger partial charge is 0.473 e. The van der Waals surface area contributed by atoms with Crippen LogP contribution < -0.4 is 19.9 Å². The van der Waals surface area contributed by atoms with Crippen LogP contribution >= 0.6 is 0 Å². The van der Waals surface area contributed by atoms with Crippen molar-refractivity contribution in [1.82, 2.24) is 4.98 Å². The molecule has 0 radical (unpaired) electrons. The maximum Gasteiger partial charge on any atom is 0.573 e. The Hall–Kier alpha value is -4.20. The van der Waals surface area contributed by atoms with E-state index in [0.29, 0.717) is 23.6 Å². The number of hydrogen-bond donors (Lipinski definition) is 1. The lowest BCUT2D eigenvalue weighted by atomic mass is 10.1. The van der Waals surface area contributed by atoms with Crippen LogP contribution in [0.25, 0.3) is 11.1 Å². The van der Waals surface area contributed by atoms with Crippen molar-refractivity contribution in [3.05, 3.63) is 102 Å². The van der Waals surface area contributed by atoms with E-state index in [9.17, 15) is 13.2 Å². The summed E-state index contributed by atoms with van der Waals surface area (Å²) in [4.78, 5) is 4.46. The van der Waals surface area contributed by atoms with Gasteiger partial charge in [-0.3, -0.25) is 0 Å². The van der Waals surface area contributed by atoms with Gasteiger partial charge in [-0.15, -0.1) is 13.2 Å². The minimum Gasteiger partial charge on any atom is -0.473 e. The molecule has 0 saturated heterocycles. The average Bonchev–Trinajstić information content (AvgIpc) is 2.81. The SMILES string of the molecule is Nc1cc(OC(F)(F)F)cc(-c2ccc(OCc3ccccc3)nc2OCc2ccccc2)c1. The molecule has 3 aromatic carbocycles. The van der Waals surface area contributed by atoms with Gasteiger partial charge in [-0.2, -0.15) is 4.98 Å². The predicted octanol–water partition coefficient (Wildman–Crippen LogP) is 6.39. The third kappa shape index (κ3) is 6.41. The van der Waals surface area contributed by atoms with Gasteiger partial charge >= 0.3 is 6.36 Å². The molecule has 0 aliphatic carbocycles. The number of aromatic nitrogens is 1. The molecule has 0 bridgehead atoms. The molecule has 0 unspecified atom stereocenters. The highest BCUT2D eigenvalue weighted by Gasteiger charge is 2.31. The Morgan fingerprint density at radius 3 is 1.97 bits per heavy atom. The summed E-state index contributed by atoms with van der Waals surface area (Å²) in [6.07, 6.45) is -4.84. The first-order valence-corrected chi connectivity index (χ1v) is 10.4. The Morgan fingerprint density at radius 2 is 1.35 bits per heavy atom. The second-order valence-electron chi connectivity index (χ2n) is 7.39. The number of hydrogen-bond acceptors (Lipinski definition) is 5. The number of halogens is 3. The molecule has 1 heterocycles. The van der Waals surface area contributed by atoms with Crippen LogP contribution in [0.1, 0.15) is 11.1 Å². The molecule has 0 atom stereocenters. The van der Waals surface area contributed by atoms with Crippen molar-refractivity contribution in [1.29, 1.82) is 0 Å². The summed E-state index contributed by atoms with van der Waals surface area (Å²) in [5.74, 6) is 0.0743. The van der Waals surface area contributed by atoms with Crippen molar-refractivity contribution in [2.45, 2.75) is 19.6 Å². The first kappa shape index (κ1) is 23.0. The lowest BCUT2D eigenvalue weighted by Crippen LogP contribution is -2.17. The molecule has 2 N–H and O–H groups in total. The van der Waals surface area contributed by atoms with Crippen molar-refractivity contribution in [2.75, 3.05) is 5.73 Å². The second-order valence-corrected chi connectivity index (χ2v) is 7.39. The van der Waals surface area contributed by atoms with Gasteiger partial charge < -0.3 is 19.9 Å². The molecule has 4 aromatic rings. The molecular formula is C26H21F3N2O3. The summed E-state index contributed by atoms with van der Waals surface area (Å²) in [5, 5.41) is 0. The number of nitrogens with zero attached hydrogens (tertiary/aromatic N) is 1. The van der Waals surface area contributed by atoms with Crippen molar-refractivity contribution in [2.24, 2.45) is 0 Å². The minimum absolute atomic E-state index is 0.107. The third-order valence-corrected chi connectivity index (χ3v) is 4.76. The topological polar surface area (TPSA) is 66.6 Å². The van der Waals surface area contributed by atoms with Gasteiger partial charge in [-0.05, 0) is 34.9 Å². The molecule has 34 heavy (non-hydrogen) atoms. The Kier molecular flexibility index (Phi) is 6.87. The quantitative estimate of drug-likeness (QED) is 0.305. The van der Waals surface area contributed by atoms with Crippen molar-refractivity contribution in [3.63, 3.8) is 0 Å². The molecule has 5 nitrogen and oxygen atoms in total. The van der Waals surface area contributed by atoms with Gasteiger partial charge in [0.1, 0.15) is 19.0 Å². The Labute approximate surface area is 194 Å². The van der Waals surface area contributed by atoms with Gasteiger partial charge in [-0.25, -0.2) is 0 Å². The number of alkyl halides is 3. The summed E-state index contributed by atoms with van der Waals surface area (Å²) in [6.45, 7) is 0.504. The first-order valence-electron chi connectivity index (χ1n) is 10.4. The van der Waals surface area contributed by atoms with E-state index in [4.69, 9.17) is 15.2 Å². The lowest BCUT2D eigenvalue weighted by molar-refractivity contribution is -0.274. The lowest BCUT2D eigenvalue weighted by Gasteiger charge is -2.15. The standard InChI is InChI=1S/C26H21F3N2O3/c27-26(28,29)34-22-14-20(13-21(30)15-22)23-11-12-24(32-16-18-7-3-1-4-8-18)31-25(23)33-17-19-9-5-2-6-10-19/h1-15H,16-17,30H2. The van der Waals surface area contributed by atoms with Gasteiger partial charge in [0.25, 0.3) is 0 Å². The van der Waals surface area contributed by atoms with Crippen LogP contribution in [0.5, 0.6) is 17.5 Å². The number of nitrogens with two attached hydrogens (primary N) is 1. The van der Waals surface area contributed by atoms with E-state index in [-0.39, 0.29) is 18.2 Å². The van der Waals surface area contributed by atoms with Gasteiger partial charge in [-0.1, -0.05) is 60.7 Å². The number of ether oxygens (including phenoxy) is 3.